The van der Waals surface area contributed by atoms with Gasteiger partial charge in [0.1, 0.15) is 0 Å². The second-order valence-electron chi connectivity index (χ2n) is 5.00. The highest BCUT2D eigenvalue weighted by Gasteiger charge is 2.04. The van der Waals surface area contributed by atoms with E-state index >= 15 is 0 Å². The summed E-state index contributed by atoms with van der Waals surface area (Å²) in [4.78, 5) is 4.22. The molecule has 0 radical (unpaired) electrons. The van der Waals surface area contributed by atoms with Gasteiger partial charge in [-0.3, -0.25) is 4.99 Å². The Hall–Kier alpha value is -0.0800. The van der Waals surface area contributed by atoms with Crippen LogP contribution in [-0.4, -0.2) is 52.5 Å². The van der Waals surface area contributed by atoms with Gasteiger partial charge in [-0.25, -0.2) is 0 Å². The molecular weight excluding hydrogens is 381 g/mol. The second-order valence-corrected chi connectivity index (χ2v) is 5.00. The van der Waals surface area contributed by atoms with Crippen LogP contribution in [0.15, 0.2) is 4.99 Å². The van der Waals surface area contributed by atoms with Crippen molar-refractivity contribution < 1.29 is 9.47 Å². The van der Waals surface area contributed by atoms with E-state index < -0.39 is 0 Å². The standard InChI is InChI=1S/C15H33N3O2.HI/c1-5-6-7-8-9-14(2)18-15(16-3)17-10-11-20-13-12-19-4;/h14H,5-13H2,1-4H3,(H2,16,17,18);1H. The van der Waals surface area contributed by atoms with Gasteiger partial charge in [-0.15, -0.1) is 24.0 Å². The van der Waals surface area contributed by atoms with E-state index in [4.69, 9.17) is 9.47 Å². The zero-order valence-corrected chi connectivity index (χ0v) is 16.4. The summed E-state index contributed by atoms with van der Waals surface area (Å²) < 4.78 is 10.3. The molecule has 2 N–H and O–H groups in total. The van der Waals surface area contributed by atoms with Crippen molar-refractivity contribution in [2.24, 2.45) is 4.99 Å². The van der Waals surface area contributed by atoms with Crippen molar-refractivity contribution >= 4 is 29.9 Å². The zero-order chi connectivity index (χ0) is 15.1. The third-order valence-electron chi connectivity index (χ3n) is 3.07. The van der Waals surface area contributed by atoms with Crippen LogP contribution in [0.2, 0.25) is 0 Å². The predicted molar refractivity (Wildman–Crippen MR) is 101 cm³/mol. The van der Waals surface area contributed by atoms with Gasteiger partial charge in [-0.1, -0.05) is 32.6 Å². The van der Waals surface area contributed by atoms with Crippen molar-refractivity contribution in [2.45, 2.75) is 52.0 Å². The number of aliphatic imine (C=N–C) groups is 1. The highest BCUT2D eigenvalue weighted by atomic mass is 127. The summed E-state index contributed by atoms with van der Waals surface area (Å²) in [5.74, 6) is 0.850. The Morgan fingerprint density at radius 2 is 1.90 bits per heavy atom. The van der Waals surface area contributed by atoms with Gasteiger partial charge >= 0.3 is 0 Å². The maximum absolute atomic E-state index is 5.40. The first-order valence-corrected chi connectivity index (χ1v) is 7.78. The Morgan fingerprint density at radius 1 is 1.14 bits per heavy atom. The Kier molecular flexibility index (Phi) is 19.8. The molecule has 0 saturated heterocycles. The van der Waals surface area contributed by atoms with Crippen molar-refractivity contribution in [3.8, 4) is 0 Å². The Bertz CT molecular complexity index is 241. The smallest absolute Gasteiger partial charge is 0.191 e. The van der Waals surface area contributed by atoms with Crippen LogP contribution in [0.3, 0.4) is 0 Å². The number of ether oxygens (including phenoxy) is 2. The van der Waals surface area contributed by atoms with Crippen molar-refractivity contribution in [3.63, 3.8) is 0 Å². The molecule has 0 fully saturated rings. The maximum Gasteiger partial charge on any atom is 0.191 e. The van der Waals surface area contributed by atoms with E-state index in [1.807, 2.05) is 0 Å². The van der Waals surface area contributed by atoms with Gasteiger partial charge in [0.25, 0.3) is 0 Å². The fourth-order valence-corrected chi connectivity index (χ4v) is 1.86. The maximum atomic E-state index is 5.40. The Labute approximate surface area is 147 Å². The molecule has 0 spiro atoms. The fourth-order valence-electron chi connectivity index (χ4n) is 1.86. The molecule has 0 aromatic heterocycles. The largest absolute Gasteiger partial charge is 0.382 e. The van der Waals surface area contributed by atoms with E-state index in [1.54, 1.807) is 14.2 Å². The van der Waals surface area contributed by atoms with E-state index in [-0.39, 0.29) is 24.0 Å². The number of nitrogens with zero attached hydrogens (tertiary/aromatic N) is 1. The molecule has 0 aliphatic rings. The fraction of sp³-hybridized carbons (Fsp3) is 0.933. The van der Waals surface area contributed by atoms with E-state index in [9.17, 15) is 0 Å². The molecular formula is C15H34IN3O2. The molecule has 1 unspecified atom stereocenters. The van der Waals surface area contributed by atoms with E-state index in [0.29, 0.717) is 25.9 Å². The van der Waals surface area contributed by atoms with Crippen LogP contribution in [0.5, 0.6) is 0 Å². The molecule has 6 heteroatoms. The van der Waals surface area contributed by atoms with Crippen LogP contribution < -0.4 is 10.6 Å². The monoisotopic (exact) mass is 415 g/mol. The number of guanidine groups is 1. The highest BCUT2D eigenvalue weighted by molar-refractivity contribution is 14.0. The number of rotatable bonds is 12. The van der Waals surface area contributed by atoms with Crippen LogP contribution in [-0.2, 0) is 9.47 Å². The molecule has 0 aliphatic carbocycles. The van der Waals surface area contributed by atoms with Gasteiger partial charge < -0.3 is 20.1 Å². The van der Waals surface area contributed by atoms with Gasteiger partial charge in [0, 0.05) is 26.7 Å². The van der Waals surface area contributed by atoms with Gasteiger partial charge in [0.05, 0.1) is 19.8 Å². The molecule has 0 aromatic rings. The average Bonchev–Trinajstić information content (AvgIpc) is 2.46. The number of unbranched alkanes of at least 4 members (excludes halogenated alkanes) is 3. The summed E-state index contributed by atoms with van der Waals surface area (Å²) in [5, 5.41) is 6.66. The van der Waals surface area contributed by atoms with Gasteiger partial charge in [-0.05, 0) is 13.3 Å². The third-order valence-corrected chi connectivity index (χ3v) is 3.07. The van der Waals surface area contributed by atoms with Crippen LogP contribution in [0.25, 0.3) is 0 Å². The normalized spacial score (nSPS) is 12.7. The lowest BCUT2D eigenvalue weighted by Crippen LogP contribution is -2.43. The molecule has 0 heterocycles. The second kappa shape index (κ2) is 18.0. The van der Waals surface area contributed by atoms with Gasteiger partial charge in [-0.2, -0.15) is 0 Å². The van der Waals surface area contributed by atoms with Crippen LogP contribution in [0.1, 0.15) is 46.0 Å². The number of hydrogen-bond acceptors (Lipinski definition) is 3. The molecule has 0 rings (SSSR count). The molecule has 0 saturated carbocycles. The first kappa shape index (κ1) is 23.2. The number of halogens is 1. The van der Waals surface area contributed by atoms with E-state index in [1.165, 1.54) is 32.1 Å². The van der Waals surface area contributed by atoms with E-state index in [0.717, 1.165) is 12.5 Å². The Morgan fingerprint density at radius 3 is 2.52 bits per heavy atom. The number of nitrogens with one attached hydrogen (secondary N) is 2. The minimum Gasteiger partial charge on any atom is -0.382 e. The summed E-state index contributed by atoms with van der Waals surface area (Å²) in [6.07, 6.45) is 6.40. The summed E-state index contributed by atoms with van der Waals surface area (Å²) in [5.41, 5.74) is 0. The SMILES string of the molecule is CCCCCCC(C)NC(=NC)NCCOCCOC.I. The van der Waals surface area contributed by atoms with Crippen molar-refractivity contribution in [1.29, 1.82) is 0 Å². The minimum absolute atomic E-state index is 0. The van der Waals surface area contributed by atoms with Crippen molar-refractivity contribution in [1.82, 2.24) is 10.6 Å². The lowest BCUT2D eigenvalue weighted by Gasteiger charge is -2.17. The highest BCUT2D eigenvalue weighted by Crippen LogP contribution is 2.04. The topological polar surface area (TPSA) is 54.9 Å². The third kappa shape index (κ3) is 16.1. The first-order chi connectivity index (χ1) is 9.74. The quantitative estimate of drug-likeness (QED) is 0.223. The summed E-state index contributed by atoms with van der Waals surface area (Å²) in [6.45, 7) is 7.14. The lowest BCUT2D eigenvalue weighted by atomic mass is 10.1. The summed E-state index contributed by atoms with van der Waals surface area (Å²) >= 11 is 0. The molecule has 1 atom stereocenters. The Balaban J connectivity index is 0. The molecule has 0 aliphatic heterocycles. The zero-order valence-electron chi connectivity index (χ0n) is 14.1. The van der Waals surface area contributed by atoms with Gasteiger partial charge in [0.15, 0.2) is 5.96 Å². The molecule has 128 valence electrons. The molecule has 21 heavy (non-hydrogen) atoms. The minimum atomic E-state index is 0. The van der Waals surface area contributed by atoms with Crippen molar-refractivity contribution in [2.75, 3.05) is 40.5 Å². The molecule has 5 nitrogen and oxygen atoms in total. The van der Waals surface area contributed by atoms with Crippen molar-refractivity contribution in [3.05, 3.63) is 0 Å². The van der Waals surface area contributed by atoms with Crippen LogP contribution in [0, 0.1) is 0 Å². The van der Waals surface area contributed by atoms with Crippen LogP contribution in [0.4, 0.5) is 0 Å². The summed E-state index contributed by atoms with van der Waals surface area (Å²) in [6, 6.07) is 0.451. The molecule has 0 amide bonds. The predicted octanol–water partition coefficient (Wildman–Crippen LogP) is 2.79. The lowest BCUT2D eigenvalue weighted by molar-refractivity contribution is 0.0733. The first-order valence-electron chi connectivity index (χ1n) is 7.78. The van der Waals surface area contributed by atoms with Gasteiger partial charge in [0.2, 0.25) is 0 Å². The summed E-state index contributed by atoms with van der Waals surface area (Å²) in [7, 11) is 3.47. The average molecular weight is 415 g/mol. The van der Waals surface area contributed by atoms with Crippen LogP contribution >= 0.6 is 24.0 Å². The molecule has 0 bridgehead atoms. The number of methoxy groups -OCH3 is 1. The molecule has 0 aromatic carbocycles. The van der Waals surface area contributed by atoms with E-state index in [2.05, 4.69) is 29.5 Å². The number of hydrogen-bond donors (Lipinski definition) is 2.